The molecule has 0 unspecified atom stereocenters. The molecule has 0 bridgehead atoms. The Hall–Kier alpha value is -2.30. The summed E-state index contributed by atoms with van der Waals surface area (Å²) < 4.78 is 5.76. The van der Waals surface area contributed by atoms with Crippen molar-refractivity contribution in [3.05, 3.63) is 35.6 Å². The van der Waals surface area contributed by atoms with Crippen LogP contribution in [-0.2, 0) is 4.79 Å². The van der Waals surface area contributed by atoms with Gasteiger partial charge in [-0.3, -0.25) is 9.59 Å². The molecule has 1 aromatic heterocycles. The van der Waals surface area contributed by atoms with Crippen LogP contribution < -0.4 is 0 Å². The molecular formula is C18H22N2O3. The number of likely N-dealkylation sites (tertiary alicyclic amines) is 1. The lowest BCUT2D eigenvalue weighted by Crippen LogP contribution is -2.42. The topological polar surface area (TPSA) is 53.8 Å². The van der Waals surface area contributed by atoms with Gasteiger partial charge in [-0.05, 0) is 25.8 Å². The molecule has 1 saturated heterocycles. The van der Waals surface area contributed by atoms with Crippen molar-refractivity contribution in [2.75, 3.05) is 27.2 Å². The van der Waals surface area contributed by atoms with Crippen molar-refractivity contribution in [2.45, 2.75) is 19.8 Å². The van der Waals surface area contributed by atoms with Crippen LogP contribution in [0, 0.1) is 12.8 Å². The highest BCUT2D eigenvalue weighted by molar-refractivity contribution is 5.99. The SMILES string of the molecule is Cc1c(C(=O)N2CCC(C(=O)N(C)C)CC2)oc2ccccc12. The summed E-state index contributed by atoms with van der Waals surface area (Å²) in [6, 6.07) is 7.68. The van der Waals surface area contributed by atoms with Crippen LogP contribution in [0.2, 0.25) is 0 Å². The van der Waals surface area contributed by atoms with Crippen molar-refractivity contribution >= 4 is 22.8 Å². The van der Waals surface area contributed by atoms with Gasteiger partial charge in [0, 0.05) is 44.1 Å². The van der Waals surface area contributed by atoms with Gasteiger partial charge in [0.25, 0.3) is 5.91 Å². The van der Waals surface area contributed by atoms with E-state index in [1.807, 2.05) is 31.2 Å². The zero-order valence-corrected chi connectivity index (χ0v) is 13.8. The summed E-state index contributed by atoms with van der Waals surface area (Å²) in [5.74, 6) is 0.515. The van der Waals surface area contributed by atoms with E-state index in [2.05, 4.69) is 0 Å². The van der Waals surface area contributed by atoms with Crippen LogP contribution in [0.5, 0.6) is 0 Å². The number of piperidine rings is 1. The van der Waals surface area contributed by atoms with E-state index in [4.69, 9.17) is 4.42 Å². The second-order valence-electron chi connectivity index (χ2n) is 6.35. The molecule has 0 N–H and O–H groups in total. The highest BCUT2D eigenvalue weighted by atomic mass is 16.3. The van der Waals surface area contributed by atoms with Crippen molar-refractivity contribution in [1.82, 2.24) is 9.80 Å². The Kier molecular flexibility index (Phi) is 4.11. The van der Waals surface area contributed by atoms with Crippen molar-refractivity contribution in [1.29, 1.82) is 0 Å². The lowest BCUT2D eigenvalue weighted by atomic mass is 9.95. The quantitative estimate of drug-likeness (QED) is 0.856. The first kappa shape index (κ1) is 15.6. The number of aryl methyl sites for hydroxylation is 1. The van der Waals surface area contributed by atoms with E-state index >= 15 is 0 Å². The number of furan rings is 1. The van der Waals surface area contributed by atoms with Crippen molar-refractivity contribution in [3.63, 3.8) is 0 Å². The molecule has 2 amide bonds. The molecule has 5 heteroatoms. The second-order valence-corrected chi connectivity index (χ2v) is 6.35. The van der Waals surface area contributed by atoms with E-state index in [1.165, 1.54) is 0 Å². The molecule has 3 rings (SSSR count). The smallest absolute Gasteiger partial charge is 0.289 e. The number of hydrogen-bond acceptors (Lipinski definition) is 3. The predicted molar refractivity (Wildman–Crippen MR) is 88.3 cm³/mol. The summed E-state index contributed by atoms with van der Waals surface area (Å²) in [7, 11) is 3.55. The second kappa shape index (κ2) is 6.07. The van der Waals surface area contributed by atoms with Crippen molar-refractivity contribution in [2.24, 2.45) is 5.92 Å². The Morgan fingerprint density at radius 3 is 2.43 bits per heavy atom. The maximum Gasteiger partial charge on any atom is 0.289 e. The minimum atomic E-state index is -0.0746. The molecular weight excluding hydrogens is 292 g/mol. The average molecular weight is 314 g/mol. The van der Waals surface area contributed by atoms with Gasteiger partial charge in [0.2, 0.25) is 5.91 Å². The Bertz CT molecular complexity index is 740. The molecule has 2 aromatic rings. The highest BCUT2D eigenvalue weighted by Gasteiger charge is 2.30. The van der Waals surface area contributed by atoms with Crippen LogP contribution in [0.1, 0.15) is 29.0 Å². The van der Waals surface area contributed by atoms with Crippen LogP contribution in [0.3, 0.4) is 0 Å². The number of hydrogen-bond donors (Lipinski definition) is 0. The van der Waals surface area contributed by atoms with Gasteiger partial charge in [-0.1, -0.05) is 18.2 Å². The molecule has 0 atom stereocenters. The lowest BCUT2D eigenvalue weighted by molar-refractivity contribution is -0.134. The van der Waals surface area contributed by atoms with Crippen molar-refractivity contribution < 1.29 is 14.0 Å². The lowest BCUT2D eigenvalue weighted by Gasteiger charge is -2.32. The Labute approximate surface area is 135 Å². The number of para-hydroxylation sites is 1. The fraction of sp³-hybridized carbons (Fsp3) is 0.444. The molecule has 1 aliphatic heterocycles. The van der Waals surface area contributed by atoms with Crippen LogP contribution >= 0.6 is 0 Å². The molecule has 0 saturated carbocycles. The summed E-state index contributed by atoms with van der Waals surface area (Å²) in [4.78, 5) is 28.2. The first-order valence-electron chi connectivity index (χ1n) is 7.97. The number of nitrogens with zero attached hydrogens (tertiary/aromatic N) is 2. The summed E-state index contributed by atoms with van der Waals surface area (Å²) in [5.41, 5.74) is 1.63. The number of carbonyl (C=O) groups excluding carboxylic acids is 2. The molecule has 23 heavy (non-hydrogen) atoms. The fourth-order valence-electron chi connectivity index (χ4n) is 3.22. The molecule has 0 radical (unpaired) electrons. The molecule has 1 fully saturated rings. The molecule has 0 aliphatic carbocycles. The van der Waals surface area contributed by atoms with Gasteiger partial charge in [-0.15, -0.1) is 0 Å². The Balaban J connectivity index is 1.74. The standard InChI is InChI=1S/C18H22N2O3/c1-12-14-6-4-5-7-15(14)23-16(12)18(22)20-10-8-13(9-11-20)17(21)19(2)3/h4-7,13H,8-11H2,1-3H3. The van der Waals surface area contributed by atoms with Gasteiger partial charge >= 0.3 is 0 Å². The Morgan fingerprint density at radius 2 is 1.83 bits per heavy atom. The minimum absolute atomic E-state index is 0.0193. The highest BCUT2D eigenvalue weighted by Crippen LogP contribution is 2.27. The number of amides is 2. The summed E-state index contributed by atoms with van der Waals surface area (Å²) in [6.07, 6.45) is 1.42. The summed E-state index contributed by atoms with van der Waals surface area (Å²) >= 11 is 0. The molecule has 122 valence electrons. The van der Waals surface area contributed by atoms with E-state index in [-0.39, 0.29) is 17.7 Å². The molecule has 1 aliphatic rings. The van der Waals surface area contributed by atoms with E-state index in [9.17, 15) is 9.59 Å². The molecule has 0 spiro atoms. The van der Waals surface area contributed by atoms with Crippen molar-refractivity contribution in [3.8, 4) is 0 Å². The van der Waals surface area contributed by atoms with Crippen LogP contribution in [-0.4, -0.2) is 48.8 Å². The zero-order valence-electron chi connectivity index (χ0n) is 13.8. The van der Waals surface area contributed by atoms with Gasteiger partial charge in [0.15, 0.2) is 5.76 Å². The normalized spacial score (nSPS) is 15.9. The van der Waals surface area contributed by atoms with E-state index in [0.717, 1.165) is 16.5 Å². The number of rotatable bonds is 2. The summed E-state index contributed by atoms with van der Waals surface area (Å²) in [6.45, 7) is 3.11. The van der Waals surface area contributed by atoms with E-state index in [1.54, 1.807) is 23.9 Å². The monoisotopic (exact) mass is 314 g/mol. The van der Waals surface area contributed by atoms with Gasteiger partial charge < -0.3 is 14.2 Å². The maximum atomic E-state index is 12.7. The number of benzene rings is 1. The van der Waals surface area contributed by atoms with Crippen LogP contribution in [0.15, 0.2) is 28.7 Å². The van der Waals surface area contributed by atoms with E-state index in [0.29, 0.717) is 31.7 Å². The third-order valence-electron chi connectivity index (χ3n) is 4.61. The van der Waals surface area contributed by atoms with Gasteiger partial charge in [-0.25, -0.2) is 0 Å². The number of fused-ring (bicyclic) bond motifs is 1. The van der Waals surface area contributed by atoms with Gasteiger partial charge in [-0.2, -0.15) is 0 Å². The number of carbonyl (C=O) groups is 2. The van der Waals surface area contributed by atoms with Gasteiger partial charge in [0.05, 0.1) is 0 Å². The zero-order chi connectivity index (χ0) is 16.6. The summed E-state index contributed by atoms with van der Waals surface area (Å²) in [5, 5.41) is 0.980. The minimum Gasteiger partial charge on any atom is -0.451 e. The van der Waals surface area contributed by atoms with Crippen LogP contribution in [0.4, 0.5) is 0 Å². The average Bonchev–Trinajstić information content (AvgIpc) is 2.91. The first-order valence-corrected chi connectivity index (χ1v) is 7.97. The molecule has 5 nitrogen and oxygen atoms in total. The first-order chi connectivity index (χ1) is 11.0. The Morgan fingerprint density at radius 1 is 1.17 bits per heavy atom. The maximum absolute atomic E-state index is 12.7. The molecule has 1 aromatic carbocycles. The van der Waals surface area contributed by atoms with Crippen LogP contribution in [0.25, 0.3) is 11.0 Å². The third kappa shape index (κ3) is 2.83. The van der Waals surface area contributed by atoms with E-state index < -0.39 is 0 Å². The third-order valence-corrected chi connectivity index (χ3v) is 4.61. The fourth-order valence-corrected chi connectivity index (χ4v) is 3.22. The largest absolute Gasteiger partial charge is 0.451 e. The predicted octanol–water partition coefficient (Wildman–Crippen LogP) is 2.68. The van der Waals surface area contributed by atoms with Gasteiger partial charge in [0.1, 0.15) is 5.58 Å². The molecule has 2 heterocycles.